The second kappa shape index (κ2) is 7.01. The highest BCUT2D eigenvalue weighted by Crippen LogP contribution is 2.14. The lowest BCUT2D eigenvalue weighted by Gasteiger charge is -2.06. The molecule has 1 aromatic carbocycles. The lowest BCUT2D eigenvalue weighted by Crippen LogP contribution is -2.16. The SMILES string of the molecule is COC(=O)CCCNCc1ccc2nc(C)ccc2c1. The number of methoxy groups -OCH3 is 1. The first-order chi connectivity index (χ1) is 9.69. The van der Waals surface area contributed by atoms with Gasteiger partial charge < -0.3 is 10.1 Å². The molecule has 0 radical (unpaired) electrons. The quantitative estimate of drug-likeness (QED) is 0.648. The Balaban J connectivity index is 1.84. The molecule has 1 N–H and O–H groups in total. The number of ether oxygens (including phenoxy) is 1. The van der Waals surface area contributed by atoms with E-state index in [-0.39, 0.29) is 5.97 Å². The highest BCUT2D eigenvalue weighted by molar-refractivity contribution is 5.79. The van der Waals surface area contributed by atoms with Gasteiger partial charge in [-0.25, -0.2) is 0 Å². The van der Waals surface area contributed by atoms with Gasteiger partial charge in [-0.05, 0) is 43.7 Å². The third kappa shape index (κ3) is 4.03. The zero-order valence-electron chi connectivity index (χ0n) is 12.0. The number of carbonyl (C=O) groups excluding carboxylic acids is 1. The molecule has 0 spiro atoms. The number of pyridine rings is 1. The van der Waals surface area contributed by atoms with Crippen LogP contribution in [0, 0.1) is 6.92 Å². The molecule has 0 aliphatic carbocycles. The number of rotatable bonds is 6. The molecule has 4 nitrogen and oxygen atoms in total. The van der Waals surface area contributed by atoms with Crippen LogP contribution in [0.15, 0.2) is 30.3 Å². The summed E-state index contributed by atoms with van der Waals surface area (Å²) in [7, 11) is 1.42. The van der Waals surface area contributed by atoms with Crippen LogP contribution in [0.1, 0.15) is 24.1 Å². The van der Waals surface area contributed by atoms with E-state index in [0.29, 0.717) is 6.42 Å². The average molecular weight is 272 g/mol. The number of benzene rings is 1. The molecule has 106 valence electrons. The molecule has 4 heteroatoms. The van der Waals surface area contributed by atoms with Crippen LogP contribution in [0.2, 0.25) is 0 Å². The van der Waals surface area contributed by atoms with E-state index in [9.17, 15) is 4.79 Å². The maximum absolute atomic E-state index is 11.0. The third-order valence-corrected chi connectivity index (χ3v) is 3.18. The molecule has 1 heterocycles. The predicted octanol–water partition coefficient (Wildman–Crippen LogP) is 2.59. The van der Waals surface area contributed by atoms with Gasteiger partial charge in [0.15, 0.2) is 0 Å². The second-order valence-electron chi connectivity index (χ2n) is 4.84. The summed E-state index contributed by atoms with van der Waals surface area (Å²) in [5.41, 5.74) is 3.28. The van der Waals surface area contributed by atoms with Crippen LogP contribution in [0.4, 0.5) is 0 Å². The lowest BCUT2D eigenvalue weighted by molar-refractivity contribution is -0.140. The minimum atomic E-state index is -0.154. The lowest BCUT2D eigenvalue weighted by atomic mass is 10.1. The number of hydrogen-bond acceptors (Lipinski definition) is 4. The van der Waals surface area contributed by atoms with Crippen LogP contribution in [0.5, 0.6) is 0 Å². The molecule has 0 fully saturated rings. The second-order valence-corrected chi connectivity index (χ2v) is 4.84. The number of esters is 1. The molecule has 0 unspecified atom stereocenters. The van der Waals surface area contributed by atoms with Gasteiger partial charge in [-0.2, -0.15) is 0 Å². The monoisotopic (exact) mass is 272 g/mol. The molecule has 20 heavy (non-hydrogen) atoms. The smallest absolute Gasteiger partial charge is 0.305 e. The number of carbonyl (C=O) groups is 1. The topological polar surface area (TPSA) is 51.2 Å². The molecule has 0 saturated heterocycles. The van der Waals surface area contributed by atoms with E-state index in [1.54, 1.807) is 0 Å². The fourth-order valence-corrected chi connectivity index (χ4v) is 2.08. The van der Waals surface area contributed by atoms with Crippen molar-refractivity contribution in [3.05, 3.63) is 41.6 Å². The largest absolute Gasteiger partial charge is 0.469 e. The van der Waals surface area contributed by atoms with Crippen molar-refractivity contribution < 1.29 is 9.53 Å². The number of nitrogens with zero attached hydrogens (tertiary/aromatic N) is 1. The Morgan fingerprint density at radius 1 is 1.30 bits per heavy atom. The van der Waals surface area contributed by atoms with Crippen LogP contribution in [0.3, 0.4) is 0 Å². The van der Waals surface area contributed by atoms with Gasteiger partial charge in [-0.15, -0.1) is 0 Å². The summed E-state index contributed by atoms with van der Waals surface area (Å²) in [6.45, 7) is 3.60. The van der Waals surface area contributed by atoms with Gasteiger partial charge in [0, 0.05) is 24.0 Å². The zero-order chi connectivity index (χ0) is 14.4. The summed E-state index contributed by atoms with van der Waals surface area (Å²) in [6, 6.07) is 10.4. The van der Waals surface area contributed by atoms with E-state index in [4.69, 9.17) is 0 Å². The summed E-state index contributed by atoms with van der Waals surface area (Å²) in [6.07, 6.45) is 1.26. The first-order valence-corrected chi connectivity index (χ1v) is 6.83. The summed E-state index contributed by atoms with van der Waals surface area (Å²) in [5, 5.41) is 4.49. The van der Waals surface area contributed by atoms with Crippen molar-refractivity contribution in [3.63, 3.8) is 0 Å². The number of hydrogen-bond donors (Lipinski definition) is 1. The summed E-state index contributed by atoms with van der Waals surface area (Å²) >= 11 is 0. The molecule has 0 aliphatic heterocycles. The van der Waals surface area contributed by atoms with Crippen molar-refractivity contribution in [2.24, 2.45) is 0 Å². The third-order valence-electron chi connectivity index (χ3n) is 3.18. The molecule has 0 saturated carbocycles. The van der Waals surface area contributed by atoms with Gasteiger partial charge in [0.2, 0.25) is 0 Å². The predicted molar refractivity (Wildman–Crippen MR) is 79.4 cm³/mol. The number of aromatic nitrogens is 1. The molecule has 1 aromatic heterocycles. The van der Waals surface area contributed by atoms with E-state index >= 15 is 0 Å². The van der Waals surface area contributed by atoms with E-state index in [1.165, 1.54) is 12.7 Å². The Kier molecular flexibility index (Phi) is 5.07. The minimum Gasteiger partial charge on any atom is -0.469 e. The molecule has 0 bridgehead atoms. The first kappa shape index (κ1) is 14.5. The Hall–Kier alpha value is -1.94. The highest BCUT2D eigenvalue weighted by atomic mass is 16.5. The molecular formula is C16H20N2O2. The number of fused-ring (bicyclic) bond motifs is 1. The molecule has 2 aromatic rings. The van der Waals surface area contributed by atoms with Crippen molar-refractivity contribution in [2.75, 3.05) is 13.7 Å². The van der Waals surface area contributed by atoms with Gasteiger partial charge >= 0.3 is 5.97 Å². The molecule has 0 atom stereocenters. The molecule has 0 aliphatic rings. The van der Waals surface area contributed by atoms with E-state index in [2.05, 4.69) is 33.2 Å². The van der Waals surface area contributed by atoms with Crippen molar-refractivity contribution in [2.45, 2.75) is 26.3 Å². The summed E-state index contributed by atoms with van der Waals surface area (Å²) < 4.78 is 4.60. The Bertz CT molecular complexity index is 596. The summed E-state index contributed by atoms with van der Waals surface area (Å²) in [4.78, 5) is 15.4. The van der Waals surface area contributed by atoms with E-state index in [0.717, 1.165) is 36.1 Å². The molecule has 0 amide bonds. The van der Waals surface area contributed by atoms with Gasteiger partial charge in [0.25, 0.3) is 0 Å². The minimum absolute atomic E-state index is 0.154. The normalized spacial score (nSPS) is 10.7. The fraction of sp³-hybridized carbons (Fsp3) is 0.375. The van der Waals surface area contributed by atoms with Crippen LogP contribution >= 0.6 is 0 Å². The van der Waals surface area contributed by atoms with Crippen molar-refractivity contribution in [1.82, 2.24) is 10.3 Å². The number of nitrogens with one attached hydrogen (secondary N) is 1. The van der Waals surface area contributed by atoms with E-state index in [1.807, 2.05) is 19.1 Å². The van der Waals surface area contributed by atoms with Crippen LogP contribution in [-0.4, -0.2) is 24.6 Å². The molecular weight excluding hydrogens is 252 g/mol. The van der Waals surface area contributed by atoms with E-state index < -0.39 is 0 Å². The Morgan fingerprint density at radius 2 is 2.15 bits per heavy atom. The average Bonchev–Trinajstić information content (AvgIpc) is 2.46. The maximum atomic E-state index is 11.0. The standard InChI is InChI=1S/C16H20N2O2/c1-12-5-7-14-10-13(6-8-15(14)18-12)11-17-9-3-4-16(19)20-2/h5-8,10,17H,3-4,9,11H2,1-2H3. The maximum Gasteiger partial charge on any atom is 0.305 e. The van der Waals surface area contributed by atoms with Gasteiger partial charge in [0.05, 0.1) is 12.6 Å². The van der Waals surface area contributed by atoms with Crippen LogP contribution in [-0.2, 0) is 16.1 Å². The highest BCUT2D eigenvalue weighted by Gasteiger charge is 2.00. The molecule has 2 rings (SSSR count). The zero-order valence-corrected chi connectivity index (χ0v) is 12.0. The van der Waals surface area contributed by atoms with Gasteiger partial charge in [-0.3, -0.25) is 9.78 Å². The first-order valence-electron chi connectivity index (χ1n) is 6.83. The number of aryl methyl sites for hydroxylation is 1. The Labute approximate surface area is 119 Å². The van der Waals surface area contributed by atoms with Crippen molar-refractivity contribution in [1.29, 1.82) is 0 Å². The van der Waals surface area contributed by atoms with Crippen LogP contribution < -0.4 is 5.32 Å². The van der Waals surface area contributed by atoms with Gasteiger partial charge in [-0.1, -0.05) is 12.1 Å². The van der Waals surface area contributed by atoms with Gasteiger partial charge in [0.1, 0.15) is 0 Å². The fourth-order valence-electron chi connectivity index (χ4n) is 2.08. The van der Waals surface area contributed by atoms with Crippen molar-refractivity contribution >= 4 is 16.9 Å². The Morgan fingerprint density at radius 3 is 2.95 bits per heavy atom. The summed E-state index contributed by atoms with van der Waals surface area (Å²) in [5.74, 6) is -0.154. The van der Waals surface area contributed by atoms with Crippen LogP contribution in [0.25, 0.3) is 10.9 Å². The van der Waals surface area contributed by atoms with Crippen molar-refractivity contribution in [3.8, 4) is 0 Å².